The molecule has 1 aromatic carbocycles. The van der Waals surface area contributed by atoms with E-state index in [0.717, 1.165) is 30.7 Å². The van der Waals surface area contributed by atoms with Gasteiger partial charge in [-0.25, -0.2) is 0 Å². The topological polar surface area (TPSA) is 85.0 Å². The average Bonchev–Trinajstić information content (AvgIpc) is 3.34. The van der Waals surface area contributed by atoms with Gasteiger partial charge in [-0.15, -0.1) is 10.2 Å². The zero-order valence-corrected chi connectivity index (χ0v) is 15.4. The van der Waals surface area contributed by atoms with Crippen LogP contribution >= 0.6 is 0 Å². The lowest BCUT2D eigenvalue weighted by molar-refractivity contribution is -0.259. The lowest BCUT2D eigenvalue weighted by Gasteiger charge is -2.71. The molecule has 2 aromatic rings. The summed E-state index contributed by atoms with van der Waals surface area (Å²) in [6.07, 6.45) is 7.20. The van der Waals surface area contributed by atoms with Crippen LogP contribution < -0.4 is 10.1 Å². The van der Waals surface area contributed by atoms with E-state index in [9.17, 15) is 0 Å². The Labute approximate surface area is 157 Å². The lowest BCUT2D eigenvalue weighted by atomic mass is 9.37. The van der Waals surface area contributed by atoms with Crippen LogP contribution in [0.1, 0.15) is 43.2 Å². The van der Waals surface area contributed by atoms with Crippen LogP contribution in [0.3, 0.4) is 0 Å². The Bertz CT molecular complexity index is 952. The molecule has 4 fully saturated rings. The summed E-state index contributed by atoms with van der Waals surface area (Å²) in [4.78, 5) is 0. The maximum Gasteiger partial charge on any atom is 0.208 e. The molecule has 3 unspecified atom stereocenters. The van der Waals surface area contributed by atoms with Crippen LogP contribution in [0.5, 0.6) is 5.75 Å². The van der Waals surface area contributed by atoms with Crippen molar-refractivity contribution >= 4 is 0 Å². The van der Waals surface area contributed by atoms with Crippen LogP contribution in [0.2, 0.25) is 0 Å². The van der Waals surface area contributed by atoms with Crippen molar-refractivity contribution in [2.45, 2.75) is 55.8 Å². The average molecular weight is 365 g/mol. The van der Waals surface area contributed by atoms with E-state index in [1.165, 1.54) is 36.8 Å². The molecule has 2 N–H and O–H groups in total. The highest BCUT2D eigenvalue weighted by molar-refractivity contribution is 5.73. The van der Waals surface area contributed by atoms with Gasteiger partial charge in [-0.1, -0.05) is 6.07 Å². The van der Waals surface area contributed by atoms with Gasteiger partial charge in [0, 0.05) is 29.9 Å². The number of H-pyrrole nitrogens is 1. The molecule has 2 aliphatic heterocycles. The number of methoxy groups -OCH3 is 1. The van der Waals surface area contributed by atoms with Crippen molar-refractivity contribution in [1.29, 1.82) is 0 Å². The van der Waals surface area contributed by atoms with E-state index in [0.29, 0.717) is 11.7 Å². The van der Waals surface area contributed by atoms with Gasteiger partial charge in [0.2, 0.25) is 5.82 Å². The number of hydrogen-bond acceptors (Lipinski definition) is 6. The Morgan fingerprint density at radius 1 is 1.22 bits per heavy atom. The van der Waals surface area contributed by atoms with Crippen LogP contribution in [-0.4, -0.2) is 46.1 Å². The monoisotopic (exact) mass is 365 g/mol. The van der Waals surface area contributed by atoms with E-state index < -0.39 is 0 Å². The molecule has 0 radical (unpaired) electrons. The van der Waals surface area contributed by atoms with Crippen LogP contribution in [0.15, 0.2) is 12.1 Å². The molecule has 27 heavy (non-hydrogen) atoms. The normalized spacial score (nSPS) is 42.7. The number of benzene rings is 1. The van der Waals surface area contributed by atoms with Gasteiger partial charge in [0.05, 0.1) is 5.56 Å². The largest absolute Gasteiger partial charge is 0.488 e. The molecular formula is C20H23N5O2. The van der Waals surface area contributed by atoms with Gasteiger partial charge < -0.3 is 9.47 Å². The van der Waals surface area contributed by atoms with Crippen molar-refractivity contribution < 1.29 is 9.47 Å². The summed E-state index contributed by atoms with van der Waals surface area (Å²) in [5.41, 5.74) is 3.67. The highest BCUT2D eigenvalue weighted by atomic mass is 16.5. The van der Waals surface area contributed by atoms with Crippen LogP contribution in [0.4, 0.5) is 0 Å². The molecule has 6 aliphatic rings. The third-order valence-corrected chi connectivity index (χ3v) is 8.66. The first kappa shape index (κ1) is 15.0. The lowest BCUT2D eigenvalue weighted by Crippen LogP contribution is -2.80. The van der Waals surface area contributed by atoms with Crippen molar-refractivity contribution in [3.8, 4) is 17.1 Å². The van der Waals surface area contributed by atoms with Gasteiger partial charge in [-0.05, 0) is 61.4 Å². The van der Waals surface area contributed by atoms with E-state index in [2.05, 4.69) is 38.1 Å². The smallest absolute Gasteiger partial charge is 0.208 e. The summed E-state index contributed by atoms with van der Waals surface area (Å²) in [7, 11) is 1.89. The molecule has 3 saturated carbocycles. The second kappa shape index (κ2) is 4.52. The molecule has 3 heterocycles. The maximum atomic E-state index is 6.85. The molecule has 2 spiro atoms. The number of nitrogens with one attached hydrogen (secondary N) is 2. The number of fused-ring (bicyclic) bond motifs is 2. The summed E-state index contributed by atoms with van der Waals surface area (Å²) >= 11 is 0. The number of aromatic nitrogens is 4. The molecule has 0 amide bonds. The number of rotatable bonds is 2. The van der Waals surface area contributed by atoms with Crippen LogP contribution in [0.25, 0.3) is 11.4 Å². The zero-order valence-electron chi connectivity index (χ0n) is 15.4. The van der Waals surface area contributed by atoms with Crippen molar-refractivity contribution in [3.05, 3.63) is 23.3 Å². The molecule has 140 valence electrons. The molecular weight excluding hydrogens is 342 g/mol. The van der Waals surface area contributed by atoms with E-state index in [4.69, 9.17) is 9.47 Å². The van der Waals surface area contributed by atoms with E-state index in [1.807, 2.05) is 7.11 Å². The van der Waals surface area contributed by atoms with Gasteiger partial charge in [-0.2, -0.15) is 5.21 Å². The Morgan fingerprint density at radius 2 is 2.11 bits per heavy atom. The Hall–Kier alpha value is -1.99. The SMILES string of the molecule is COC12Cc3ccc(-c4nn[nH]n4)c4c3C3(CCN1)C(O4)C1CCC23CC1. The fourth-order valence-electron chi connectivity index (χ4n) is 7.84. The number of nitrogens with zero attached hydrogens (tertiary/aromatic N) is 3. The van der Waals surface area contributed by atoms with Crippen LogP contribution in [-0.2, 0) is 16.6 Å². The number of tetrazole rings is 1. The minimum absolute atomic E-state index is 0.0537. The van der Waals surface area contributed by atoms with Gasteiger partial charge in [0.1, 0.15) is 17.6 Å². The number of ether oxygens (including phenoxy) is 2. The molecule has 4 aliphatic carbocycles. The molecule has 3 atom stereocenters. The van der Waals surface area contributed by atoms with E-state index in [-0.39, 0.29) is 22.7 Å². The minimum Gasteiger partial charge on any atom is -0.488 e. The summed E-state index contributed by atoms with van der Waals surface area (Å²) < 4.78 is 13.2. The van der Waals surface area contributed by atoms with Gasteiger partial charge in [0.25, 0.3) is 0 Å². The first-order valence-electron chi connectivity index (χ1n) is 10.1. The third kappa shape index (κ3) is 1.37. The summed E-state index contributed by atoms with van der Waals surface area (Å²) in [5, 5.41) is 18.7. The summed E-state index contributed by atoms with van der Waals surface area (Å²) in [6, 6.07) is 4.35. The summed E-state index contributed by atoms with van der Waals surface area (Å²) in [6.45, 7) is 0.980. The van der Waals surface area contributed by atoms with Crippen LogP contribution in [0, 0.1) is 11.3 Å². The predicted molar refractivity (Wildman–Crippen MR) is 96.2 cm³/mol. The predicted octanol–water partition coefficient (Wildman–Crippen LogP) is 1.95. The first-order valence-corrected chi connectivity index (χ1v) is 10.1. The fourth-order valence-corrected chi connectivity index (χ4v) is 7.84. The molecule has 7 heteroatoms. The molecule has 4 bridgehead atoms. The van der Waals surface area contributed by atoms with E-state index >= 15 is 0 Å². The zero-order chi connectivity index (χ0) is 17.9. The maximum absolute atomic E-state index is 6.85. The highest BCUT2D eigenvalue weighted by Crippen LogP contribution is 2.75. The standard InChI is InChI=1S/C20H23N5O2/c1-26-20-10-12-2-3-13(17-22-24-25-23-17)15-14(12)19(8-9-21-20)16(27-15)11-4-6-18(19,20)7-5-11/h2-3,11,16,21H,4-10H2,1H3,(H,22,23,24,25). The molecule has 7 nitrogen and oxygen atoms in total. The number of hydrogen-bond donors (Lipinski definition) is 2. The highest BCUT2D eigenvalue weighted by Gasteiger charge is 2.78. The Kier molecular flexibility index (Phi) is 2.51. The van der Waals surface area contributed by atoms with Gasteiger partial charge in [-0.3, -0.25) is 5.32 Å². The van der Waals surface area contributed by atoms with Crippen molar-refractivity contribution in [2.75, 3.05) is 13.7 Å². The quantitative estimate of drug-likeness (QED) is 0.846. The number of aromatic amines is 1. The molecule has 1 saturated heterocycles. The summed E-state index contributed by atoms with van der Waals surface area (Å²) in [5.74, 6) is 2.28. The molecule has 1 aromatic heterocycles. The van der Waals surface area contributed by atoms with Crippen molar-refractivity contribution in [2.24, 2.45) is 11.3 Å². The van der Waals surface area contributed by atoms with Crippen molar-refractivity contribution in [1.82, 2.24) is 25.9 Å². The first-order chi connectivity index (χ1) is 13.2. The third-order valence-electron chi connectivity index (χ3n) is 8.66. The fraction of sp³-hybridized carbons (Fsp3) is 0.650. The number of piperidine rings is 1. The second-order valence-corrected chi connectivity index (χ2v) is 9.03. The van der Waals surface area contributed by atoms with Gasteiger partial charge in [0.15, 0.2) is 0 Å². The second-order valence-electron chi connectivity index (χ2n) is 9.03. The molecule has 8 rings (SSSR count). The Morgan fingerprint density at radius 3 is 2.89 bits per heavy atom. The van der Waals surface area contributed by atoms with Crippen molar-refractivity contribution in [3.63, 3.8) is 0 Å². The van der Waals surface area contributed by atoms with E-state index in [1.54, 1.807) is 0 Å². The Balaban J connectivity index is 1.58. The van der Waals surface area contributed by atoms with Gasteiger partial charge >= 0.3 is 0 Å². The minimum atomic E-state index is -0.277.